The number of esters is 1. The van der Waals surface area contributed by atoms with Gasteiger partial charge in [-0.2, -0.15) is 0 Å². The van der Waals surface area contributed by atoms with Gasteiger partial charge in [-0.05, 0) is 35.6 Å². The Morgan fingerprint density at radius 3 is 2.73 bits per heavy atom. The molecule has 0 saturated heterocycles. The molecule has 3 heterocycles. The van der Waals surface area contributed by atoms with Crippen molar-refractivity contribution in [2.45, 2.75) is 20.1 Å². The molecule has 0 N–H and O–H groups in total. The zero-order valence-electron chi connectivity index (χ0n) is 18.0. The molecule has 0 bridgehead atoms. The number of carbonyl (C=O) groups excluding carboxylic acids is 1. The minimum atomic E-state index is -0.405. The maximum absolute atomic E-state index is 12.2. The van der Waals surface area contributed by atoms with Gasteiger partial charge in [-0.15, -0.1) is 21.5 Å². The highest BCUT2D eigenvalue weighted by Crippen LogP contribution is 2.31. The number of methoxy groups -OCH3 is 1. The molecule has 3 aromatic heterocycles. The Bertz CT molecular complexity index is 1420. The van der Waals surface area contributed by atoms with E-state index in [-0.39, 0.29) is 6.61 Å². The third kappa shape index (κ3) is 4.08. The summed E-state index contributed by atoms with van der Waals surface area (Å²) in [5.74, 6) is 0.168. The third-order valence-corrected chi connectivity index (χ3v) is 6.18. The molecule has 0 aliphatic heterocycles. The van der Waals surface area contributed by atoms with Gasteiger partial charge in [-0.3, -0.25) is 0 Å². The van der Waals surface area contributed by atoms with E-state index in [2.05, 4.69) is 20.6 Å². The first-order chi connectivity index (χ1) is 16.1. The van der Waals surface area contributed by atoms with Crippen LogP contribution in [0.5, 0.6) is 5.75 Å². The molecule has 0 fully saturated rings. The van der Waals surface area contributed by atoms with Crippen molar-refractivity contribution in [3.8, 4) is 11.4 Å². The van der Waals surface area contributed by atoms with E-state index in [0.29, 0.717) is 34.1 Å². The first-order valence-corrected chi connectivity index (χ1v) is 11.1. The number of carbonyl (C=O) groups is 1. The number of aryl methyl sites for hydroxylation is 1. The van der Waals surface area contributed by atoms with E-state index in [9.17, 15) is 4.79 Å². The second-order valence-corrected chi connectivity index (χ2v) is 8.27. The standard InChI is InChI=1S/C23H20N6O3S/c1-15-14-33-22(23(30)31-2)21(15)29-18-9-6-10-19(20(18)25-27-29)32-13-17-12-28(26-24-17)11-16-7-4-3-5-8-16/h3-10,12,14H,11,13H2,1-2H3. The quantitative estimate of drug-likeness (QED) is 0.341. The highest BCUT2D eigenvalue weighted by molar-refractivity contribution is 7.12. The van der Waals surface area contributed by atoms with E-state index in [1.165, 1.54) is 18.4 Å². The van der Waals surface area contributed by atoms with E-state index in [1.54, 1.807) is 9.36 Å². The highest BCUT2D eigenvalue weighted by atomic mass is 32.1. The van der Waals surface area contributed by atoms with Gasteiger partial charge in [0.05, 0.1) is 31.1 Å². The normalized spacial score (nSPS) is 11.1. The Morgan fingerprint density at radius 1 is 1.06 bits per heavy atom. The Kier molecular flexibility index (Phi) is 5.57. The van der Waals surface area contributed by atoms with Gasteiger partial charge in [0, 0.05) is 0 Å². The van der Waals surface area contributed by atoms with Crippen LogP contribution in [-0.2, 0) is 17.9 Å². The number of ether oxygens (including phenoxy) is 2. The lowest BCUT2D eigenvalue weighted by Crippen LogP contribution is -2.06. The first kappa shape index (κ1) is 20.8. The molecule has 10 heteroatoms. The first-order valence-electron chi connectivity index (χ1n) is 10.2. The van der Waals surface area contributed by atoms with Crippen LogP contribution in [0.4, 0.5) is 0 Å². The van der Waals surface area contributed by atoms with Crippen LogP contribution < -0.4 is 4.74 Å². The van der Waals surface area contributed by atoms with Crippen LogP contribution in [0.25, 0.3) is 16.7 Å². The van der Waals surface area contributed by atoms with Gasteiger partial charge < -0.3 is 9.47 Å². The molecule has 0 saturated carbocycles. The smallest absolute Gasteiger partial charge is 0.350 e. The predicted molar refractivity (Wildman–Crippen MR) is 123 cm³/mol. The molecule has 0 atom stereocenters. The topological polar surface area (TPSA) is 97.0 Å². The van der Waals surface area contributed by atoms with E-state index >= 15 is 0 Å². The second-order valence-electron chi connectivity index (χ2n) is 7.39. The summed E-state index contributed by atoms with van der Waals surface area (Å²) in [6, 6.07) is 15.6. The van der Waals surface area contributed by atoms with E-state index in [0.717, 1.165) is 16.6 Å². The largest absolute Gasteiger partial charge is 0.485 e. The second kappa shape index (κ2) is 8.83. The van der Waals surface area contributed by atoms with Crippen molar-refractivity contribution in [2.24, 2.45) is 0 Å². The molecule has 5 aromatic rings. The Morgan fingerprint density at radius 2 is 1.91 bits per heavy atom. The van der Waals surface area contributed by atoms with Crippen LogP contribution >= 0.6 is 11.3 Å². The molecule has 2 aromatic carbocycles. The monoisotopic (exact) mass is 460 g/mol. The molecule has 0 radical (unpaired) electrons. The highest BCUT2D eigenvalue weighted by Gasteiger charge is 2.22. The number of aromatic nitrogens is 6. The molecular formula is C23H20N6O3S. The number of fused-ring (bicyclic) bond motifs is 1. The maximum atomic E-state index is 12.2. The van der Waals surface area contributed by atoms with E-state index in [4.69, 9.17) is 9.47 Å². The average Bonchev–Trinajstić information content (AvgIpc) is 3.56. The molecule has 0 aliphatic rings. The van der Waals surface area contributed by atoms with Crippen molar-refractivity contribution in [3.05, 3.63) is 81.8 Å². The molecule has 0 unspecified atom stereocenters. The van der Waals surface area contributed by atoms with Gasteiger partial charge in [-0.1, -0.05) is 46.8 Å². The summed E-state index contributed by atoms with van der Waals surface area (Å²) in [5, 5.41) is 18.9. The molecule has 0 aliphatic carbocycles. The van der Waals surface area contributed by atoms with Gasteiger partial charge in [-0.25, -0.2) is 14.2 Å². The third-order valence-electron chi connectivity index (χ3n) is 5.11. The summed E-state index contributed by atoms with van der Waals surface area (Å²) < 4.78 is 14.4. The summed E-state index contributed by atoms with van der Waals surface area (Å²) in [6.07, 6.45) is 1.86. The zero-order valence-corrected chi connectivity index (χ0v) is 18.8. The zero-order chi connectivity index (χ0) is 22.8. The summed E-state index contributed by atoms with van der Waals surface area (Å²) in [6.45, 7) is 2.80. The number of benzene rings is 2. The van der Waals surface area contributed by atoms with Crippen LogP contribution in [0.1, 0.15) is 26.5 Å². The van der Waals surface area contributed by atoms with Gasteiger partial charge in [0.15, 0.2) is 5.52 Å². The molecule has 0 spiro atoms. The molecular weight excluding hydrogens is 440 g/mol. The van der Waals surface area contributed by atoms with Crippen molar-refractivity contribution in [3.63, 3.8) is 0 Å². The predicted octanol–water partition coefficient (Wildman–Crippen LogP) is 3.80. The number of hydrogen-bond acceptors (Lipinski definition) is 8. The van der Waals surface area contributed by atoms with Crippen molar-refractivity contribution in [1.82, 2.24) is 30.0 Å². The summed E-state index contributed by atoms with van der Waals surface area (Å²) in [5.41, 5.74) is 4.75. The summed E-state index contributed by atoms with van der Waals surface area (Å²) in [7, 11) is 1.36. The van der Waals surface area contributed by atoms with Crippen molar-refractivity contribution in [1.29, 1.82) is 0 Å². The molecule has 5 rings (SSSR count). The minimum Gasteiger partial charge on any atom is -0.485 e. The fraction of sp³-hybridized carbons (Fsp3) is 0.174. The van der Waals surface area contributed by atoms with Crippen LogP contribution in [0.3, 0.4) is 0 Å². The SMILES string of the molecule is COC(=O)c1scc(C)c1-n1nnc2c(OCc3cn(Cc4ccccc4)nn3)cccc21. The van der Waals surface area contributed by atoms with Gasteiger partial charge in [0.2, 0.25) is 0 Å². The minimum absolute atomic E-state index is 0.242. The maximum Gasteiger partial charge on any atom is 0.350 e. The number of rotatable bonds is 7. The lowest BCUT2D eigenvalue weighted by Gasteiger charge is -2.07. The van der Waals surface area contributed by atoms with E-state index < -0.39 is 5.97 Å². The van der Waals surface area contributed by atoms with E-state index in [1.807, 2.05) is 67.0 Å². The molecule has 166 valence electrons. The van der Waals surface area contributed by atoms with Gasteiger partial charge >= 0.3 is 5.97 Å². The molecule has 9 nitrogen and oxygen atoms in total. The van der Waals surface area contributed by atoms with Crippen molar-refractivity contribution in [2.75, 3.05) is 7.11 Å². The molecule has 33 heavy (non-hydrogen) atoms. The van der Waals surface area contributed by atoms with Crippen LogP contribution in [-0.4, -0.2) is 43.1 Å². The fourth-order valence-electron chi connectivity index (χ4n) is 3.54. The summed E-state index contributed by atoms with van der Waals surface area (Å²) in [4.78, 5) is 12.7. The van der Waals surface area contributed by atoms with Crippen LogP contribution in [0.15, 0.2) is 60.1 Å². The Balaban J connectivity index is 1.38. The lowest BCUT2D eigenvalue weighted by atomic mass is 10.2. The summed E-state index contributed by atoms with van der Waals surface area (Å²) >= 11 is 1.32. The fourth-order valence-corrected chi connectivity index (χ4v) is 4.49. The van der Waals surface area contributed by atoms with Crippen LogP contribution in [0, 0.1) is 6.92 Å². The van der Waals surface area contributed by atoms with Crippen molar-refractivity contribution < 1.29 is 14.3 Å². The van der Waals surface area contributed by atoms with Crippen LogP contribution in [0.2, 0.25) is 0 Å². The average molecular weight is 461 g/mol. The number of hydrogen-bond donors (Lipinski definition) is 0. The number of nitrogens with zero attached hydrogens (tertiary/aromatic N) is 6. The van der Waals surface area contributed by atoms with Crippen molar-refractivity contribution >= 4 is 28.3 Å². The lowest BCUT2D eigenvalue weighted by molar-refractivity contribution is 0.0606. The van der Waals surface area contributed by atoms with Gasteiger partial charge in [0.1, 0.15) is 22.9 Å². The van der Waals surface area contributed by atoms with Gasteiger partial charge in [0.25, 0.3) is 0 Å². The Labute approximate surface area is 193 Å². The number of thiophene rings is 1. The molecule has 0 amide bonds. The Hall–Kier alpha value is -4.05.